The molecule has 1 saturated heterocycles. The number of aromatic nitrogens is 2. The van der Waals surface area contributed by atoms with Crippen LogP contribution in [0.25, 0.3) is 5.69 Å². The molecule has 0 bridgehead atoms. The summed E-state index contributed by atoms with van der Waals surface area (Å²) in [7, 11) is 0. The Hall–Kier alpha value is -2.74. The fourth-order valence-electron chi connectivity index (χ4n) is 2.61. The second kappa shape index (κ2) is 6.17. The number of piperidine rings is 1. The number of carbonyl (C=O) groups is 1. The van der Waals surface area contributed by atoms with Crippen LogP contribution in [0.3, 0.4) is 0 Å². The Kier molecular flexibility index (Phi) is 4.07. The molecule has 1 aliphatic heterocycles. The van der Waals surface area contributed by atoms with Crippen LogP contribution in [0.4, 0.5) is 5.69 Å². The van der Waals surface area contributed by atoms with Crippen LogP contribution in [-0.2, 0) is 0 Å². The molecule has 1 N–H and O–H groups in total. The zero-order valence-corrected chi connectivity index (χ0v) is 12.3. The first-order valence-electron chi connectivity index (χ1n) is 7.32. The number of hydrogen-bond donors (Lipinski definition) is 1. The molecule has 1 amide bonds. The van der Waals surface area contributed by atoms with E-state index in [0.29, 0.717) is 25.2 Å². The topological polar surface area (TPSA) is 102 Å². The lowest BCUT2D eigenvalue weighted by molar-refractivity contribution is -0.384. The number of aliphatic hydroxyl groups excluding tert-OH is 1. The third kappa shape index (κ3) is 3.21. The maximum atomic E-state index is 12.4. The van der Waals surface area contributed by atoms with Gasteiger partial charge in [-0.1, -0.05) is 0 Å². The maximum Gasteiger partial charge on any atom is 0.274 e. The lowest BCUT2D eigenvalue weighted by atomic mass is 10.1. The van der Waals surface area contributed by atoms with Crippen molar-refractivity contribution in [2.45, 2.75) is 18.9 Å². The zero-order valence-electron chi connectivity index (χ0n) is 12.3. The molecular formula is C15H16N4O4. The van der Waals surface area contributed by atoms with Crippen molar-refractivity contribution in [2.75, 3.05) is 13.1 Å². The summed E-state index contributed by atoms with van der Waals surface area (Å²) in [6.45, 7) is 0.934. The molecule has 0 radical (unpaired) electrons. The van der Waals surface area contributed by atoms with E-state index in [9.17, 15) is 20.0 Å². The zero-order chi connectivity index (χ0) is 16.4. The minimum Gasteiger partial charge on any atom is -0.391 e. The van der Waals surface area contributed by atoms with Crippen molar-refractivity contribution in [2.24, 2.45) is 0 Å². The summed E-state index contributed by atoms with van der Waals surface area (Å²) in [5.74, 6) is -0.218. The molecule has 1 fully saturated rings. The molecule has 1 aliphatic rings. The van der Waals surface area contributed by atoms with Crippen LogP contribution in [0.5, 0.6) is 0 Å². The number of aliphatic hydroxyl groups is 1. The summed E-state index contributed by atoms with van der Waals surface area (Å²) in [6, 6.07) is 7.53. The molecule has 0 saturated carbocycles. The number of hydrogen-bond acceptors (Lipinski definition) is 5. The summed E-state index contributed by atoms with van der Waals surface area (Å²) in [5.41, 5.74) is 0.922. The molecule has 0 spiro atoms. The predicted molar refractivity (Wildman–Crippen MR) is 81.4 cm³/mol. The summed E-state index contributed by atoms with van der Waals surface area (Å²) < 4.78 is 1.50. The van der Waals surface area contributed by atoms with Gasteiger partial charge in [0.05, 0.1) is 16.7 Å². The maximum absolute atomic E-state index is 12.4. The molecular weight excluding hydrogens is 300 g/mol. The Bertz CT molecular complexity index is 725. The van der Waals surface area contributed by atoms with E-state index in [1.54, 1.807) is 29.3 Å². The molecule has 1 aromatic carbocycles. The van der Waals surface area contributed by atoms with Gasteiger partial charge in [-0.2, -0.15) is 5.10 Å². The van der Waals surface area contributed by atoms with Gasteiger partial charge in [-0.25, -0.2) is 4.68 Å². The molecule has 120 valence electrons. The Labute approximate surface area is 132 Å². The fourth-order valence-corrected chi connectivity index (χ4v) is 2.61. The smallest absolute Gasteiger partial charge is 0.274 e. The molecule has 1 unspecified atom stereocenters. The number of non-ortho nitro benzene ring substituents is 1. The number of likely N-dealkylation sites (tertiary alicyclic amines) is 1. The van der Waals surface area contributed by atoms with E-state index in [2.05, 4.69) is 5.10 Å². The lowest BCUT2D eigenvalue weighted by Gasteiger charge is -2.29. The standard InChI is InChI=1S/C15H16N4O4/c20-13-2-1-8-17(10-13)15(21)14-7-9-18(16-14)11-3-5-12(6-4-11)19(22)23/h3-7,9,13,20H,1-2,8,10H2. The van der Waals surface area contributed by atoms with E-state index in [0.717, 1.165) is 6.42 Å². The van der Waals surface area contributed by atoms with Gasteiger partial charge in [0.15, 0.2) is 5.69 Å². The number of carbonyl (C=O) groups excluding carboxylic acids is 1. The predicted octanol–water partition coefficient (Wildman–Crippen LogP) is 1.38. The van der Waals surface area contributed by atoms with Crippen molar-refractivity contribution < 1.29 is 14.8 Å². The summed E-state index contributed by atoms with van der Waals surface area (Å²) in [6.07, 6.45) is 2.63. The largest absolute Gasteiger partial charge is 0.391 e. The lowest BCUT2D eigenvalue weighted by Crippen LogP contribution is -2.42. The highest BCUT2D eigenvalue weighted by Gasteiger charge is 2.24. The molecule has 0 aliphatic carbocycles. The molecule has 8 nitrogen and oxygen atoms in total. The van der Waals surface area contributed by atoms with E-state index in [-0.39, 0.29) is 17.3 Å². The third-order valence-corrected chi connectivity index (χ3v) is 3.82. The van der Waals surface area contributed by atoms with Crippen LogP contribution < -0.4 is 0 Å². The minimum absolute atomic E-state index is 0.000453. The van der Waals surface area contributed by atoms with E-state index in [1.165, 1.54) is 16.8 Å². The van der Waals surface area contributed by atoms with E-state index in [1.807, 2.05) is 0 Å². The van der Waals surface area contributed by atoms with Crippen molar-refractivity contribution in [1.82, 2.24) is 14.7 Å². The number of nitro groups is 1. The average Bonchev–Trinajstić information content (AvgIpc) is 3.04. The van der Waals surface area contributed by atoms with Crippen molar-refractivity contribution in [1.29, 1.82) is 0 Å². The number of benzene rings is 1. The first kappa shape index (κ1) is 15.2. The molecule has 1 aromatic heterocycles. The molecule has 23 heavy (non-hydrogen) atoms. The van der Waals surface area contributed by atoms with Crippen LogP contribution in [-0.4, -0.2) is 49.8 Å². The Morgan fingerprint density at radius 2 is 2.04 bits per heavy atom. The molecule has 2 heterocycles. The van der Waals surface area contributed by atoms with Gasteiger partial charge < -0.3 is 10.0 Å². The van der Waals surface area contributed by atoms with Gasteiger partial charge in [0.2, 0.25) is 0 Å². The third-order valence-electron chi connectivity index (χ3n) is 3.82. The highest BCUT2D eigenvalue weighted by molar-refractivity contribution is 5.92. The monoisotopic (exact) mass is 316 g/mol. The SMILES string of the molecule is O=C(c1ccn(-c2ccc([N+](=O)[O-])cc2)n1)N1CCCC(O)C1. The Morgan fingerprint density at radius 1 is 1.30 bits per heavy atom. The van der Waals surface area contributed by atoms with Gasteiger partial charge in [-0.05, 0) is 31.0 Å². The molecule has 3 rings (SSSR count). The second-order valence-electron chi connectivity index (χ2n) is 5.47. The minimum atomic E-state index is -0.482. The number of amides is 1. The number of rotatable bonds is 3. The molecule has 1 atom stereocenters. The van der Waals surface area contributed by atoms with Gasteiger partial charge >= 0.3 is 0 Å². The first-order valence-corrected chi connectivity index (χ1v) is 7.32. The summed E-state index contributed by atoms with van der Waals surface area (Å²) >= 11 is 0. The quantitative estimate of drug-likeness (QED) is 0.681. The van der Waals surface area contributed by atoms with Crippen molar-refractivity contribution >= 4 is 11.6 Å². The van der Waals surface area contributed by atoms with Crippen LogP contribution in [0.2, 0.25) is 0 Å². The average molecular weight is 316 g/mol. The first-order chi connectivity index (χ1) is 11.0. The van der Waals surface area contributed by atoms with E-state index in [4.69, 9.17) is 0 Å². The number of nitrogens with zero attached hydrogens (tertiary/aromatic N) is 4. The normalized spacial score (nSPS) is 18.0. The van der Waals surface area contributed by atoms with Crippen LogP contribution in [0.15, 0.2) is 36.5 Å². The van der Waals surface area contributed by atoms with Crippen molar-refractivity contribution in [3.8, 4) is 5.69 Å². The molecule has 2 aromatic rings. The second-order valence-corrected chi connectivity index (χ2v) is 5.47. The summed E-state index contributed by atoms with van der Waals surface area (Å²) in [4.78, 5) is 24.2. The van der Waals surface area contributed by atoms with Crippen LogP contribution in [0.1, 0.15) is 23.3 Å². The van der Waals surface area contributed by atoms with E-state index < -0.39 is 11.0 Å². The van der Waals surface area contributed by atoms with Gasteiger partial charge in [0.1, 0.15) is 0 Å². The number of β-amino-alcohol motifs (C(OH)–C–C–N with tert-alkyl or cyclic N) is 1. The van der Waals surface area contributed by atoms with Crippen LogP contribution in [0, 0.1) is 10.1 Å². The van der Waals surface area contributed by atoms with Crippen LogP contribution >= 0.6 is 0 Å². The van der Waals surface area contributed by atoms with Crippen molar-refractivity contribution in [3.05, 3.63) is 52.3 Å². The van der Waals surface area contributed by atoms with Crippen molar-refractivity contribution in [3.63, 3.8) is 0 Å². The Balaban J connectivity index is 1.77. The fraction of sp³-hybridized carbons (Fsp3) is 0.333. The van der Waals surface area contributed by atoms with Gasteiger partial charge in [0, 0.05) is 31.4 Å². The van der Waals surface area contributed by atoms with Gasteiger partial charge in [-0.3, -0.25) is 14.9 Å². The summed E-state index contributed by atoms with van der Waals surface area (Å²) in [5, 5.41) is 24.5. The highest BCUT2D eigenvalue weighted by atomic mass is 16.6. The van der Waals surface area contributed by atoms with E-state index >= 15 is 0 Å². The number of nitro benzene ring substituents is 1. The highest BCUT2D eigenvalue weighted by Crippen LogP contribution is 2.16. The van der Waals surface area contributed by atoms with Gasteiger partial charge in [0.25, 0.3) is 11.6 Å². The van der Waals surface area contributed by atoms with Gasteiger partial charge in [-0.15, -0.1) is 0 Å². The molecule has 8 heteroatoms. The Morgan fingerprint density at radius 3 is 2.70 bits per heavy atom.